The number of carbonyl (C=O) groups excluding carboxylic acids is 1. The molecule has 2 aliphatic rings. The van der Waals surface area contributed by atoms with E-state index < -0.39 is 0 Å². The molecule has 30 heavy (non-hydrogen) atoms. The van der Waals surface area contributed by atoms with Crippen LogP contribution >= 0.6 is 0 Å². The largest absolute Gasteiger partial charge is 0.339 e. The summed E-state index contributed by atoms with van der Waals surface area (Å²) in [4.78, 5) is 29.4. The van der Waals surface area contributed by atoms with Crippen molar-refractivity contribution in [3.8, 4) is 0 Å². The van der Waals surface area contributed by atoms with Gasteiger partial charge in [-0.1, -0.05) is 48.9 Å². The second-order valence-electron chi connectivity index (χ2n) is 8.17. The highest BCUT2D eigenvalue weighted by Gasteiger charge is 2.22. The van der Waals surface area contributed by atoms with E-state index >= 15 is 0 Å². The van der Waals surface area contributed by atoms with Gasteiger partial charge in [-0.05, 0) is 36.8 Å². The number of piperazine rings is 1. The van der Waals surface area contributed by atoms with E-state index in [1.165, 1.54) is 16.7 Å². The molecular formula is C24H30N4O2. The van der Waals surface area contributed by atoms with Crippen molar-refractivity contribution in [3.05, 3.63) is 69.6 Å². The lowest BCUT2D eigenvalue weighted by molar-refractivity contribution is -0.133. The van der Waals surface area contributed by atoms with Crippen LogP contribution < -0.4 is 5.56 Å². The lowest BCUT2D eigenvalue weighted by Gasteiger charge is -2.34. The lowest BCUT2D eigenvalue weighted by atomic mass is 10.1. The minimum absolute atomic E-state index is 0.0161. The molecule has 2 heterocycles. The molecule has 1 amide bonds. The molecule has 1 aliphatic heterocycles. The topological polar surface area (TPSA) is 58.4 Å². The van der Waals surface area contributed by atoms with Crippen molar-refractivity contribution in [3.63, 3.8) is 0 Å². The normalized spacial score (nSPS) is 17.7. The second-order valence-corrected chi connectivity index (χ2v) is 8.17. The van der Waals surface area contributed by atoms with Crippen LogP contribution in [-0.4, -0.2) is 58.2 Å². The van der Waals surface area contributed by atoms with E-state index in [1.807, 2.05) is 23.1 Å². The number of benzene rings is 1. The third-order valence-electron chi connectivity index (χ3n) is 6.01. The maximum atomic E-state index is 12.8. The molecule has 0 atom stereocenters. The summed E-state index contributed by atoms with van der Waals surface area (Å²) in [6.07, 6.45) is 9.52. The summed E-state index contributed by atoms with van der Waals surface area (Å²) in [6, 6.07) is 12.0. The van der Waals surface area contributed by atoms with Crippen LogP contribution in [0, 0.1) is 0 Å². The maximum absolute atomic E-state index is 12.8. The van der Waals surface area contributed by atoms with Crippen LogP contribution in [0.1, 0.15) is 36.1 Å². The first-order chi connectivity index (χ1) is 14.7. The number of rotatable bonds is 5. The summed E-state index contributed by atoms with van der Waals surface area (Å²) < 4.78 is 1.36. The molecule has 1 aliphatic carbocycles. The lowest BCUT2D eigenvalue weighted by Crippen LogP contribution is -2.50. The van der Waals surface area contributed by atoms with Gasteiger partial charge in [0.05, 0.1) is 5.69 Å². The van der Waals surface area contributed by atoms with Crippen LogP contribution in [0.25, 0.3) is 6.08 Å². The zero-order valence-electron chi connectivity index (χ0n) is 17.5. The average molecular weight is 407 g/mol. The Morgan fingerprint density at radius 1 is 1.00 bits per heavy atom. The Bertz CT molecular complexity index is 943. The van der Waals surface area contributed by atoms with Gasteiger partial charge in [-0.2, -0.15) is 5.10 Å². The maximum Gasteiger partial charge on any atom is 0.267 e. The van der Waals surface area contributed by atoms with E-state index in [2.05, 4.69) is 34.3 Å². The monoisotopic (exact) mass is 406 g/mol. The van der Waals surface area contributed by atoms with E-state index in [0.717, 1.165) is 56.6 Å². The molecule has 0 bridgehead atoms. The predicted molar refractivity (Wildman–Crippen MR) is 118 cm³/mol. The third-order valence-corrected chi connectivity index (χ3v) is 6.01. The number of amides is 1. The van der Waals surface area contributed by atoms with Crippen LogP contribution in [0.4, 0.5) is 0 Å². The zero-order valence-corrected chi connectivity index (χ0v) is 17.5. The van der Waals surface area contributed by atoms with Crippen molar-refractivity contribution in [2.24, 2.45) is 0 Å². The highest BCUT2D eigenvalue weighted by molar-refractivity contribution is 5.76. The molecule has 6 nitrogen and oxygen atoms in total. The van der Waals surface area contributed by atoms with Crippen LogP contribution in [-0.2, 0) is 24.2 Å². The van der Waals surface area contributed by atoms with Gasteiger partial charge in [0.25, 0.3) is 5.56 Å². The highest BCUT2D eigenvalue weighted by Crippen LogP contribution is 2.17. The van der Waals surface area contributed by atoms with Crippen molar-refractivity contribution in [2.75, 3.05) is 32.7 Å². The summed E-state index contributed by atoms with van der Waals surface area (Å²) in [6.45, 7) is 3.99. The molecule has 0 radical (unpaired) electrons. The Morgan fingerprint density at radius 2 is 1.77 bits per heavy atom. The Labute approximate surface area is 177 Å². The van der Waals surface area contributed by atoms with E-state index in [0.29, 0.717) is 13.1 Å². The van der Waals surface area contributed by atoms with Crippen molar-refractivity contribution >= 4 is 12.0 Å². The highest BCUT2D eigenvalue weighted by atomic mass is 16.2. The first-order valence-corrected chi connectivity index (χ1v) is 11.0. The summed E-state index contributed by atoms with van der Waals surface area (Å²) >= 11 is 0. The van der Waals surface area contributed by atoms with Crippen LogP contribution in [0.3, 0.4) is 0 Å². The molecule has 1 aromatic carbocycles. The number of hydrogen-bond donors (Lipinski definition) is 0. The molecular weight excluding hydrogens is 376 g/mol. The Hall–Kier alpha value is -2.73. The van der Waals surface area contributed by atoms with Crippen molar-refractivity contribution in [2.45, 2.75) is 38.6 Å². The molecule has 1 aromatic heterocycles. The van der Waals surface area contributed by atoms with Crippen molar-refractivity contribution < 1.29 is 4.79 Å². The van der Waals surface area contributed by atoms with Gasteiger partial charge in [0.1, 0.15) is 6.54 Å². The standard InChI is InChI=1S/C24H30N4O2/c29-23-18-21-11-5-2-6-12-22(21)25-28(23)19-24(30)27-16-14-26(15-17-27)13-7-10-20-8-3-1-4-9-20/h1,3-4,7-10,18H,2,5-6,11-17,19H2/b10-7+. The van der Waals surface area contributed by atoms with Gasteiger partial charge in [-0.15, -0.1) is 0 Å². The molecule has 1 saturated heterocycles. The summed E-state index contributed by atoms with van der Waals surface area (Å²) in [5.74, 6) is -0.0161. The van der Waals surface area contributed by atoms with Crippen molar-refractivity contribution in [1.29, 1.82) is 0 Å². The van der Waals surface area contributed by atoms with E-state index in [-0.39, 0.29) is 18.0 Å². The molecule has 2 aromatic rings. The van der Waals surface area contributed by atoms with Crippen LogP contribution in [0.15, 0.2) is 47.3 Å². The molecule has 6 heteroatoms. The molecule has 0 N–H and O–H groups in total. The quantitative estimate of drug-likeness (QED) is 0.716. The van der Waals surface area contributed by atoms with Gasteiger partial charge in [0.15, 0.2) is 0 Å². The Morgan fingerprint density at radius 3 is 2.57 bits per heavy atom. The van der Waals surface area contributed by atoms with Gasteiger partial charge in [0.2, 0.25) is 5.91 Å². The van der Waals surface area contributed by atoms with Gasteiger partial charge < -0.3 is 4.90 Å². The fraction of sp³-hybridized carbons (Fsp3) is 0.458. The minimum Gasteiger partial charge on any atom is -0.339 e. The zero-order chi connectivity index (χ0) is 20.8. The first-order valence-electron chi connectivity index (χ1n) is 11.0. The molecule has 4 rings (SSSR count). The molecule has 0 saturated carbocycles. The predicted octanol–water partition coefficient (Wildman–Crippen LogP) is 2.37. The van der Waals surface area contributed by atoms with Gasteiger partial charge in [-0.3, -0.25) is 14.5 Å². The third kappa shape index (κ3) is 5.25. The van der Waals surface area contributed by atoms with E-state index in [9.17, 15) is 9.59 Å². The fourth-order valence-corrected chi connectivity index (χ4v) is 4.20. The van der Waals surface area contributed by atoms with E-state index in [4.69, 9.17) is 0 Å². The van der Waals surface area contributed by atoms with Crippen LogP contribution in [0.5, 0.6) is 0 Å². The molecule has 0 unspecified atom stereocenters. The number of carbonyl (C=O) groups is 1. The van der Waals surface area contributed by atoms with Gasteiger partial charge in [0, 0.05) is 38.8 Å². The molecule has 1 fully saturated rings. The van der Waals surface area contributed by atoms with Crippen molar-refractivity contribution in [1.82, 2.24) is 19.6 Å². The van der Waals surface area contributed by atoms with Crippen LogP contribution in [0.2, 0.25) is 0 Å². The minimum atomic E-state index is -0.159. The number of aromatic nitrogens is 2. The molecule has 0 spiro atoms. The SMILES string of the molecule is O=C(Cn1nc2c(cc1=O)CCCCC2)N1CCN(C/C=C/c2ccccc2)CC1. The molecule has 158 valence electrons. The smallest absolute Gasteiger partial charge is 0.267 e. The Balaban J connectivity index is 1.29. The first kappa shape index (κ1) is 20.5. The summed E-state index contributed by atoms with van der Waals surface area (Å²) in [7, 11) is 0. The second kappa shape index (κ2) is 9.85. The van der Waals surface area contributed by atoms with E-state index in [1.54, 1.807) is 6.07 Å². The average Bonchev–Trinajstić information content (AvgIpc) is 3.00. The van der Waals surface area contributed by atoms with Gasteiger partial charge in [-0.25, -0.2) is 4.68 Å². The fourth-order valence-electron chi connectivity index (χ4n) is 4.20. The summed E-state index contributed by atoms with van der Waals surface area (Å²) in [5.41, 5.74) is 3.10. The number of nitrogens with zero attached hydrogens (tertiary/aromatic N) is 4. The number of hydrogen-bond acceptors (Lipinski definition) is 4. The summed E-state index contributed by atoms with van der Waals surface area (Å²) in [5, 5.41) is 4.53. The number of fused-ring (bicyclic) bond motifs is 1. The number of aryl methyl sites for hydroxylation is 2. The Kier molecular flexibility index (Phi) is 6.74. The van der Waals surface area contributed by atoms with Gasteiger partial charge >= 0.3 is 0 Å².